The monoisotopic (exact) mass is 382 g/mol. The van der Waals surface area contributed by atoms with Crippen LogP contribution in [0.3, 0.4) is 0 Å². The first-order valence-electron chi connectivity index (χ1n) is 7.57. The van der Waals surface area contributed by atoms with Crippen LogP contribution in [-0.4, -0.2) is 81.3 Å². The summed E-state index contributed by atoms with van der Waals surface area (Å²) in [7, 11) is 0. The summed E-state index contributed by atoms with van der Waals surface area (Å²) in [4.78, 5) is 25.4. The molecule has 1 fully saturated rings. The van der Waals surface area contributed by atoms with E-state index >= 15 is 0 Å². The number of aliphatic hydroxyl groups is 3. The summed E-state index contributed by atoms with van der Waals surface area (Å²) in [5, 5.41) is 42.7. The molecule has 0 unspecified atom stereocenters. The van der Waals surface area contributed by atoms with Crippen molar-refractivity contribution < 1.29 is 43.5 Å². The number of halogens is 2. The number of carbonyl (C=O) groups excluding carboxylic acids is 1. The highest BCUT2D eigenvalue weighted by atomic mass is 19.2. The average Bonchev–Trinajstić information content (AvgIpc) is 2.59. The van der Waals surface area contributed by atoms with Crippen LogP contribution in [0, 0.1) is 5.92 Å². The van der Waals surface area contributed by atoms with Gasteiger partial charge in [-0.3, -0.25) is 4.79 Å². The molecular weight excluding hydrogens is 362 g/mol. The number of carboxylic acid groups (broad SMARTS) is 1. The zero-order chi connectivity index (χ0) is 20.2. The average molecular weight is 382 g/mol. The fraction of sp³-hybridized carbons (Fsp3) is 0.846. The van der Waals surface area contributed by atoms with Gasteiger partial charge in [-0.05, 0) is 5.53 Å². The summed E-state index contributed by atoms with van der Waals surface area (Å²) < 4.78 is 33.6. The van der Waals surface area contributed by atoms with Crippen molar-refractivity contribution in [3.63, 3.8) is 0 Å². The molecule has 0 bridgehead atoms. The Hall–Kier alpha value is -2.05. The highest BCUT2D eigenvalue weighted by Gasteiger charge is 2.63. The number of aliphatic hydroxyl groups excluding tert-OH is 3. The first-order chi connectivity index (χ1) is 12.0. The second-order valence-electron chi connectivity index (χ2n) is 6.06. The molecule has 0 radical (unpaired) electrons. The van der Waals surface area contributed by atoms with Crippen LogP contribution in [0.4, 0.5) is 8.78 Å². The van der Waals surface area contributed by atoms with Crippen LogP contribution in [0.15, 0.2) is 5.11 Å². The topological polar surface area (TPSA) is 185 Å². The number of azide groups is 1. The van der Waals surface area contributed by atoms with E-state index in [0.29, 0.717) is 0 Å². The second-order valence-corrected chi connectivity index (χ2v) is 6.06. The van der Waals surface area contributed by atoms with Gasteiger partial charge in [0.25, 0.3) is 0 Å². The molecule has 7 atom stereocenters. The largest absolute Gasteiger partial charge is 0.477 e. The molecule has 0 aromatic carbocycles. The van der Waals surface area contributed by atoms with Gasteiger partial charge in [0.1, 0.15) is 18.3 Å². The minimum absolute atomic E-state index is 0.656. The van der Waals surface area contributed by atoms with Gasteiger partial charge >= 0.3 is 11.8 Å². The SMILES string of the molecule is CC(C)C(=O)N[C@@H]1[C@@H](N=[N+]=[N-])[C@H](F)[C@](F)(C(=O)O)O[C@H]1[C@H](O)[C@H](O)CO. The Morgan fingerprint density at radius 1 is 1.42 bits per heavy atom. The Morgan fingerprint density at radius 2 is 2.00 bits per heavy atom. The molecule has 0 saturated carbocycles. The number of amides is 1. The van der Waals surface area contributed by atoms with Crippen molar-refractivity contribution in [2.24, 2.45) is 11.0 Å². The second kappa shape index (κ2) is 8.56. The number of ether oxygens (including phenoxy) is 1. The van der Waals surface area contributed by atoms with E-state index in [1.165, 1.54) is 13.8 Å². The normalized spacial score (nSPS) is 33.8. The molecule has 0 aliphatic carbocycles. The summed E-state index contributed by atoms with van der Waals surface area (Å²) >= 11 is 0. The van der Waals surface area contributed by atoms with Crippen LogP contribution in [-0.2, 0) is 14.3 Å². The molecule has 1 aliphatic heterocycles. The Morgan fingerprint density at radius 3 is 2.42 bits per heavy atom. The fourth-order valence-corrected chi connectivity index (χ4v) is 2.40. The number of carboxylic acids is 1. The molecule has 26 heavy (non-hydrogen) atoms. The quantitative estimate of drug-likeness (QED) is 0.212. The number of alkyl halides is 2. The molecule has 1 rings (SSSR count). The molecule has 1 aliphatic rings. The third-order valence-corrected chi connectivity index (χ3v) is 3.91. The number of nitrogens with one attached hydrogen (secondary N) is 1. The third kappa shape index (κ3) is 4.19. The van der Waals surface area contributed by atoms with Crippen LogP contribution in [0.5, 0.6) is 0 Å². The minimum Gasteiger partial charge on any atom is -0.477 e. The Kier molecular flexibility index (Phi) is 7.24. The van der Waals surface area contributed by atoms with Crippen LogP contribution in [0.25, 0.3) is 10.4 Å². The molecule has 1 amide bonds. The van der Waals surface area contributed by atoms with E-state index in [1.807, 2.05) is 0 Å². The highest BCUT2D eigenvalue weighted by Crippen LogP contribution is 2.37. The first-order valence-corrected chi connectivity index (χ1v) is 7.57. The van der Waals surface area contributed by atoms with Crippen LogP contribution in [0.2, 0.25) is 0 Å². The van der Waals surface area contributed by atoms with Gasteiger partial charge in [0.2, 0.25) is 5.91 Å². The predicted molar refractivity (Wildman–Crippen MR) is 80.0 cm³/mol. The summed E-state index contributed by atoms with van der Waals surface area (Å²) in [6, 6.07) is -3.82. The van der Waals surface area contributed by atoms with Gasteiger partial charge in [-0.2, -0.15) is 4.39 Å². The molecule has 148 valence electrons. The zero-order valence-corrected chi connectivity index (χ0v) is 13.9. The maximum Gasteiger partial charge on any atom is 0.372 e. The third-order valence-electron chi connectivity index (χ3n) is 3.91. The van der Waals surface area contributed by atoms with Gasteiger partial charge in [0, 0.05) is 10.8 Å². The number of hydrogen-bond acceptors (Lipinski definition) is 7. The van der Waals surface area contributed by atoms with Crippen LogP contribution < -0.4 is 5.32 Å². The fourth-order valence-electron chi connectivity index (χ4n) is 2.40. The van der Waals surface area contributed by atoms with Gasteiger partial charge in [-0.15, -0.1) is 0 Å². The molecule has 1 heterocycles. The molecule has 0 aromatic rings. The molecule has 0 aromatic heterocycles. The zero-order valence-electron chi connectivity index (χ0n) is 13.9. The van der Waals surface area contributed by atoms with E-state index in [1.54, 1.807) is 0 Å². The lowest BCUT2D eigenvalue weighted by atomic mass is 9.86. The van der Waals surface area contributed by atoms with Crippen LogP contribution in [0.1, 0.15) is 13.8 Å². The molecule has 11 nitrogen and oxygen atoms in total. The van der Waals surface area contributed by atoms with E-state index in [4.69, 9.17) is 15.7 Å². The van der Waals surface area contributed by atoms with Gasteiger partial charge in [-0.25, -0.2) is 9.18 Å². The number of hydrogen-bond donors (Lipinski definition) is 5. The van der Waals surface area contributed by atoms with Crippen molar-refractivity contribution >= 4 is 11.9 Å². The molecule has 0 spiro atoms. The number of carbonyl (C=O) groups is 2. The van der Waals surface area contributed by atoms with E-state index in [2.05, 4.69) is 20.1 Å². The summed E-state index contributed by atoms with van der Waals surface area (Å²) in [5.41, 5.74) is 8.60. The molecule has 1 saturated heterocycles. The lowest BCUT2D eigenvalue weighted by Gasteiger charge is -2.46. The minimum atomic E-state index is -4.02. The summed E-state index contributed by atoms with van der Waals surface area (Å²) in [5.74, 6) is -7.79. The van der Waals surface area contributed by atoms with Gasteiger partial charge in [0.05, 0.1) is 18.7 Å². The molecule has 5 N–H and O–H groups in total. The number of aliphatic carboxylic acids is 1. The molecular formula is C13H20F2N4O7. The van der Waals surface area contributed by atoms with Crippen molar-refractivity contribution in [1.29, 1.82) is 0 Å². The van der Waals surface area contributed by atoms with Crippen molar-refractivity contribution in [2.75, 3.05) is 6.61 Å². The van der Waals surface area contributed by atoms with Gasteiger partial charge < -0.3 is 30.5 Å². The summed E-state index contributed by atoms with van der Waals surface area (Å²) in [6.07, 6.45) is -9.12. The van der Waals surface area contributed by atoms with Gasteiger partial charge in [-0.1, -0.05) is 19.0 Å². The maximum atomic E-state index is 14.6. The maximum absolute atomic E-state index is 14.6. The van der Waals surface area contributed by atoms with E-state index < -0.39 is 66.8 Å². The van der Waals surface area contributed by atoms with Crippen LogP contribution >= 0.6 is 0 Å². The van der Waals surface area contributed by atoms with E-state index in [0.717, 1.165) is 0 Å². The summed E-state index contributed by atoms with van der Waals surface area (Å²) in [6.45, 7) is 1.89. The lowest BCUT2D eigenvalue weighted by Crippen LogP contribution is -2.71. The number of rotatable bonds is 7. The van der Waals surface area contributed by atoms with Crippen molar-refractivity contribution in [3.05, 3.63) is 10.4 Å². The highest BCUT2D eigenvalue weighted by molar-refractivity contribution is 5.79. The standard InChI is InChI=1S/C13H20F2N4O7/c1-4(2)11(23)17-6-7(18-19-16)10(14)13(15,12(24)25)26-9(6)8(22)5(21)3-20/h4-10,20-22H,3H2,1-2H3,(H,17,23)(H,24,25)/t5-,6-,7-,8-,9-,10+,13-/m1/s1. The predicted octanol–water partition coefficient (Wildman–Crippen LogP) is -0.992. The van der Waals surface area contributed by atoms with Gasteiger partial charge in [0.15, 0.2) is 6.17 Å². The molecule has 13 heteroatoms. The van der Waals surface area contributed by atoms with E-state index in [9.17, 15) is 28.6 Å². The van der Waals surface area contributed by atoms with E-state index in [-0.39, 0.29) is 0 Å². The van der Waals surface area contributed by atoms with Crippen molar-refractivity contribution in [2.45, 2.75) is 56.3 Å². The first kappa shape index (κ1) is 22.0. The Balaban J connectivity index is 3.42. The van der Waals surface area contributed by atoms with Crippen molar-refractivity contribution in [1.82, 2.24) is 5.32 Å². The smallest absolute Gasteiger partial charge is 0.372 e. The lowest BCUT2D eigenvalue weighted by molar-refractivity contribution is -0.276. The Bertz CT molecular complexity index is 589. The van der Waals surface area contributed by atoms with Crippen molar-refractivity contribution in [3.8, 4) is 0 Å². The number of nitrogens with zero attached hydrogens (tertiary/aromatic N) is 3. The Labute approximate surface area is 146 Å².